The van der Waals surface area contributed by atoms with Crippen molar-refractivity contribution >= 4 is 0 Å². The monoisotopic (exact) mass is 201 g/mol. The van der Waals surface area contributed by atoms with E-state index in [0.717, 1.165) is 25.7 Å². The minimum Gasteiger partial charge on any atom is -0.388 e. The highest BCUT2D eigenvalue weighted by Gasteiger charge is 2.34. The molecule has 1 aliphatic rings. The summed E-state index contributed by atoms with van der Waals surface area (Å²) in [5.41, 5.74) is -0.552. The molecule has 2 N–H and O–H groups in total. The first-order valence-corrected chi connectivity index (χ1v) is 5.54. The molecule has 0 radical (unpaired) electrons. The fourth-order valence-electron chi connectivity index (χ4n) is 2.04. The van der Waals surface area contributed by atoms with Crippen LogP contribution in [0.1, 0.15) is 39.5 Å². The average molecular weight is 201 g/mol. The maximum absolute atomic E-state index is 10.3. The van der Waals surface area contributed by atoms with Crippen molar-refractivity contribution in [3.05, 3.63) is 0 Å². The Labute approximate surface area is 86.8 Å². The van der Waals surface area contributed by atoms with Gasteiger partial charge < -0.3 is 15.2 Å². The number of nitrogens with one attached hydrogen (secondary N) is 1. The first kappa shape index (κ1) is 12.0. The van der Waals surface area contributed by atoms with E-state index in [1.54, 1.807) is 7.11 Å². The standard InChI is InChI=1S/C11H23NO2/c1-9(2)12-8-11(13)6-4-5-10(7-11)14-3/h9-10,12-13H,4-8H2,1-3H3. The first-order chi connectivity index (χ1) is 6.56. The highest BCUT2D eigenvalue weighted by molar-refractivity contribution is 4.89. The van der Waals surface area contributed by atoms with Crippen molar-refractivity contribution < 1.29 is 9.84 Å². The summed E-state index contributed by atoms with van der Waals surface area (Å²) in [7, 11) is 1.73. The van der Waals surface area contributed by atoms with E-state index in [1.807, 2.05) is 0 Å². The van der Waals surface area contributed by atoms with Crippen molar-refractivity contribution in [2.45, 2.75) is 57.3 Å². The maximum atomic E-state index is 10.3. The molecule has 14 heavy (non-hydrogen) atoms. The molecular formula is C11H23NO2. The number of hydrogen-bond acceptors (Lipinski definition) is 3. The molecule has 1 saturated carbocycles. The SMILES string of the molecule is COC1CCCC(O)(CNC(C)C)C1. The van der Waals surface area contributed by atoms with E-state index in [9.17, 15) is 5.11 Å². The second-order valence-electron chi connectivity index (χ2n) is 4.71. The Balaban J connectivity index is 2.38. The molecule has 84 valence electrons. The molecule has 1 aliphatic carbocycles. The number of rotatable bonds is 4. The molecule has 0 bridgehead atoms. The Morgan fingerprint density at radius 3 is 2.86 bits per heavy atom. The van der Waals surface area contributed by atoms with Gasteiger partial charge in [0.2, 0.25) is 0 Å². The number of ether oxygens (including phenoxy) is 1. The van der Waals surface area contributed by atoms with Crippen molar-refractivity contribution in [3.8, 4) is 0 Å². The maximum Gasteiger partial charge on any atom is 0.0796 e. The van der Waals surface area contributed by atoms with Crippen LogP contribution in [-0.2, 0) is 4.74 Å². The van der Waals surface area contributed by atoms with Gasteiger partial charge in [0.25, 0.3) is 0 Å². The van der Waals surface area contributed by atoms with Gasteiger partial charge in [-0.15, -0.1) is 0 Å². The highest BCUT2D eigenvalue weighted by atomic mass is 16.5. The zero-order valence-electron chi connectivity index (χ0n) is 9.55. The van der Waals surface area contributed by atoms with Gasteiger partial charge in [0, 0.05) is 26.1 Å². The number of aliphatic hydroxyl groups is 1. The summed E-state index contributed by atoms with van der Waals surface area (Å²) in [6, 6.07) is 0.432. The average Bonchev–Trinajstić information content (AvgIpc) is 2.15. The van der Waals surface area contributed by atoms with Crippen molar-refractivity contribution in [2.24, 2.45) is 0 Å². The van der Waals surface area contributed by atoms with Gasteiger partial charge in [0.05, 0.1) is 11.7 Å². The summed E-state index contributed by atoms with van der Waals surface area (Å²) in [4.78, 5) is 0. The molecule has 0 aromatic carbocycles. The van der Waals surface area contributed by atoms with Crippen molar-refractivity contribution in [2.75, 3.05) is 13.7 Å². The minimum atomic E-state index is -0.552. The molecule has 0 aromatic rings. The van der Waals surface area contributed by atoms with Crippen LogP contribution in [0.2, 0.25) is 0 Å². The summed E-state index contributed by atoms with van der Waals surface area (Å²) in [5.74, 6) is 0. The van der Waals surface area contributed by atoms with E-state index in [1.165, 1.54) is 0 Å². The lowest BCUT2D eigenvalue weighted by atomic mass is 9.83. The number of hydrogen-bond donors (Lipinski definition) is 2. The third-order valence-electron chi connectivity index (χ3n) is 2.95. The Kier molecular flexibility index (Phi) is 4.35. The first-order valence-electron chi connectivity index (χ1n) is 5.54. The summed E-state index contributed by atoms with van der Waals surface area (Å²) >= 11 is 0. The zero-order valence-corrected chi connectivity index (χ0v) is 9.55. The van der Waals surface area contributed by atoms with Crippen LogP contribution >= 0.6 is 0 Å². The molecule has 0 amide bonds. The van der Waals surface area contributed by atoms with Crippen LogP contribution in [0, 0.1) is 0 Å². The van der Waals surface area contributed by atoms with Crippen LogP contribution in [0.5, 0.6) is 0 Å². The summed E-state index contributed by atoms with van der Waals surface area (Å²) in [5, 5.41) is 13.6. The van der Waals surface area contributed by atoms with E-state index in [-0.39, 0.29) is 6.10 Å². The van der Waals surface area contributed by atoms with Gasteiger partial charge >= 0.3 is 0 Å². The molecule has 1 fully saturated rings. The van der Waals surface area contributed by atoms with E-state index in [0.29, 0.717) is 12.6 Å². The molecule has 0 saturated heterocycles. The smallest absolute Gasteiger partial charge is 0.0796 e. The van der Waals surface area contributed by atoms with Gasteiger partial charge in [-0.05, 0) is 19.3 Å². The van der Waals surface area contributed by atoms with Gasteiger partial charge in [-0.2, -0.15) is 0 Å². The Morgan fingerprint density at radius 2 is 2.29 bits per heavy atom. The molecule has 3 heteroatoms. The van der Waals surface area contributed by atoms with Crippen molar-refractivity contribution in [3.63, 3.8) is 0 Å². The van der Waals surface area contributed by atoms with E-state index in [2.05, 4.69) is 19.2 Å². The van der Waals surface area contributed by atoms with Gasteiger partial charge in [-0.1, -0.05) is 13.8 Å². The number of methoxy groups -OCH3 is 1. The van der Waals surface area contributed by atoms with Gasteiger partial charge in [-0.3, -0.25) is 0 Å². The van der Waals surface area contributed by atoms with Gasteiger partial charge in [0.15, 0.2) is 0 Å². The quantitative estimate of drug-likeness (QED) is 0.720. The van der Waals surface area contributed by atoms with Crippen LogP contribution in [0.25, 0.3) is 0 Å². The van der Waals surface area contributed by atoms with E-state index < -0.39 is 5.60 Å². The van der Waals surface area contributed by atoms with Gasteiger partial charge in [0.1, 0.15) is 0 Å². The molecule has 1 rings (SSSR count). The normalized spacial score (nSPS) is 33.6. The van der Waals surface area contributed by atoms with Crippen molar-refractivity contribution in [1.82, 2.24) is 5.32 Å². The van der Waals surface area contributed by atoms with Crippen LogP contribution in [0.15, 0.2) is 0 Å². The molecule has 0 heterocycles. The summed E-state index contributed by atoms with van der Waals surface area (Å²) in [6.07, 6.45) is 4.05. The highest BCUT2D eigenvalue weighted by Crippen LogP contribution is 2.29. The van der Waals surface area contributed by atoms with Crippen LogP contribution in [-0.4, -0.2) is 36.5 Å². The third kappa shape index (κ3) is 3.56. The molecule has 0 aromatic heterocycles. The Morgan fingerprint density at radius 1 is 1.57 bits per heavy atom. The Bertz CT molecular complexity index is 173. The van der Waals surface area contributed by atoms with Crippen LogP contribution in [0.3, 0.4) is 0 Å². The Hall–Kier alpha value is -0.120. The predicted octanol–water partition coefficient (Wildman–Crippen LogP) is 1.30. The second-order valence-corrected chi connectivity index (χ2v) is 4.71. The zero-order chi connectivity index (χ0) is 10.6. The minimum absolute atomic E-state index is 0.239. The molecule has 2 atom stereocenters. The predicted molar refractivity (Wildman–Crippen MR) is 57.4 cm³/mol. The van der Waals surface area contributed by atoms with E-state index >= 15 is 0 Å². The third-order valence-corrected chi connectivity index (χ3v) is 2.95. The van der Waals surface area contributed by atoms with Gasteiger partial charge in [-0.25, -0.2) is 0 Å². The molecule has 0 spiro atoms. The molecule has 3 nitrogen and oxygen atoms in total. The lowest BCUT2D eigenvalue weighted by molar-refractivity contribution is -0.0579. The largest absolute Gasteiger partial charge is 0.388 e. The fraction of sp³-hybridized carbons (Fsp3) is 1.00. The topological polar surface area (TPSA) is 41.5 Å². The van der Waals surface area contributed by atoms with E-state index in [4.69, 9.17) is 4.74 Å². The molecule has 0 aliphatic heterocycles. The fourth-order valence-corrected chi connectivity index (χ4v) is 2.04. The lowest BCUT2D eigenvalue weighted by Crippen LogP contribution is -2.47. The lowest BCUT2D eigenvalue weighted by Gasteiger charge is -2.36. The second kappa shape index (κ2) is 5.10. The molecule has 2 unspecified atom stereocenters. The van der Waals surface area contributed by atoms with Crippen molar-refractivity contribution in [1.29, 1.82) is 0 Å². The summed E-state index contributed by atoms with van der Waals surface area (Å²) < 4.78 is 5.31. The van der Waals surface area contributed by atoms with Crippen LogP contribution < -0.4 is 5.32 Å². The van der Waals surface area contributed by atoms with Crippen LogP contribution in [0.4, 0.5) is 0 Å². The molecular weight excluding hydrogens is 178 g/mol. The summed E-state index contributed by atoms with van der Waals surface area (Å²) in [6.45, 7) is 4.88.